The minimum atomic E-state index is 0.243. The van der Waals surface area contributed by atoms with E-state index in [1.54, 1.807) is 14.2 Å². The van der Waals surface area contributed by atoms with E-state index < -0.39 is 0 Å². The van der Waals surface area contributed by atoms with Gasteiger partial charge in [-0.25, -0.2) is 0 Å². The van der Waals surface area contributed by atoms with E-state index in [2.05, 4.69) is 31.2 Å². The van der Waals surface area contributed by atoms with Crippen molar-refractivity contribution in [1.82, 2.24) is 10.2 Å². The molecule has 0 spiro atoms. The summed E-state index contributed by atoms with van der Waals surface area (Å²) in [6.45, 7) is 4.22. The predicted molar refractivity (Wildman–Crippen MR) is 79.1 cm³/mol. The van der Waals surface area contributed by atoms with Gasteiger partial charge in [-0.1, -0.05) is 0 Å². The Balaban J connectivity index is 2.61. The molecule has 1 rings (SSSR count). The lowest BCUT2D eigenvalue weighted by atomic mass is 10.1. The van der Waals surface area contributed by atoms with E-state index in [-0.39, 0.29) is 6.04 Å². The minimum Gasteiger partial charge on any atom is -0.497 e. The Bertz CT molecular complexity index is 380. The van der Waals surface area contributed by atoms with Crippen LogP contribution in [0, 0.1) is 0 Å². The summed E-state index contributed by atoms with van der Waals surface area (Å²) in [7, 11) is 7.56. The van der Waals surface area contributed by atoms with Crippen LogP contribution >= 0.6 is 0 Å². The van der Waals surface area contributed by atoms with Crippen molar-refractivity contribution in [3.8, 4) is 11.5 Å². The Morgan fingerprint density at radius 2 is 1.95 bits per heavy atom. The van der Waals surface area contributed by atoms with Gasteiger partial charge in [-0.3, -0.25) is 0 Å². The summed E-state index contributed by atoms with van der Waals surface area (Å²) in [5, 5.41) is 3.52. The fraction of sp³-hybridized carbons (Fsp3) is 0.600. The van der Waals surface area contributed by atoms with Gasteiger partial charge in [0.25, 0.3) is 0 Å². The maximum Gasteiger partial charge on any atom is 0.123 e. The van der Waals surface area contributed by atoms with Gasteiger partial charge >= 0.3 is 0 Å². The Morgan fingerprint density at radius 1 is 1.21 bits per heavy atom. The number of hydrogen-bond donors (Lipinski definition) is 1. The molecule has 1 aromatic rings. The van der Waals surface area contributed by atoms with Crippen LogP contribution in [-0.2, 0) is 0 Å². The molecule has 0 bridgehead atoms. The van der Waals surface area contributed by atoms with E-state index >= 15 is 0 Å². The summed E-state index contributed by atoms with van der Waals surface area (Å²) < 4.78 is 10.7. The van der Waals surface area contributed by atoms with Gasteiger partial charge in [0.1, 0.15) is 11.5 Å². The first-order valence-corrected chi connectivity index (χ1v) is 6.68. The zero-order chi connectivity index (χ0) is 14.3. The van der Waals surface area contributed by atoms with Crippen molar-refractivity contribution in [3.63, 3.8) is 0 Å². The first kappa shape index (κ1) is 15.8. The maximum absolute atomic E-state index is 5.41. The average Bonchev–Trinajstić information content (AvgIpc) is 2.42. The SMILES string of the molecule is COc1ccc(OC)c(C(C)NCCCN(C)C)c1. The van der Waals surface area contributed by atoms with E-state index in [4.69, 9.17) is 9.47 Å². The van der Waals surface area contributed by atoms with Crippen LogP contribution in [0.25, 0.3) is 0 Å². The number of nitrogens with zero attached hydrogens (tertiary/aromatic N) is 1. The molecule has 0 saturated carbocycles. The quantitative estimate of drug-likeness (QED) is 0.732. The molecule has 1 unspecified atom stereocenters. The molecular weight excluding hydrogens is 240 g/mol. The highest BCUT2D eigenvalue weighted by Gasteiger charge is 2.12. The highest BCUT2D eigenvalue weighted by Crippen LogP contribution is 2.29. The number of nitrogens with one attached hydrogen (secondary N) is 1. The largest absolute Gasteiger partial charge is 0.497 e. The van der Waals surface area contributed by atoms with Crippen LogP contribution in [0.3, 0.4) is 0 Å². The third-order valence-electron chi connectivity index (χ3n) is 3.14. The van der Waals surface area contributed by atoms with Crippen molar-refractivity contribution >= 4 is 0 Å². The number of methoxy groups -OCH3 is 2. The van der Waals surface area contributed by atoms with Crippen molar-refractivity contribution in [1.29, 1.82) is 0 Å². The predicted octanol–water partition coefficient (Wildman–Crippen LogP) is 2.31. The molecule has 0 fully saturated rings. The lowest BCUT2D eigenvalue weighted by Gasteiger charge is -2.19. The summed E-state index contributed by atoms with van der Waals surface area (Å²) in [6, 6.07) is 6.14. The van der Waals surface area contributed by atoms with Crippen LogP contribution in [-0.4, -0.2) is 46.3 Å². The smallest absolute Gasteiger partial charge is 0.123 e. The van der Waals surface area contributed by atoms with Crippen molar-refractivity contribution in [2.75, 3.05) is 41.4 Å². The summed E-state index contributed by atoms with van der Waals surface area (Å²) >= 11 is 0. The van der Waals surface area contributed by atoms with Gasteiger partial charge < -0.3 is 19.7 Å². The van der Waals surface area contributed by atoms with Gasteiger partial charge in [0.05, 0.1) is 14.2 Å². The molecule has 1 aromatic carbocycles. The minimum absolute atomic E-state index is 0.243. The van der Waals surface area contributed by atoms with E-state index in [0.717, 1.165) is 36.6 Å². The van der Waals surface area contributed by atoms with Gasteiger partial charge in [0.2, 0.25) is 0 Å². The second-order valence-electron chi connectivity index (χ2n) is 4.94. The van der Waals surface area contributed by atoms with Crippen LogP contribution in [0.4, 0.5) is 0 Å². The number of benzene rings is 1. The van der Waals surface area contributed by atoms with Gasteiger partial charge in [-0.05, 0) is 58.7 Å². The third-order valence-corrected chi connectivity index (χ3v) is 3.14. The Labute approximate surface area is 116 Å². The molecule has 0 amide bonds. The zero-order valence-electron chi connectivity index (χ0n) is 12.7. The van der Waals surface area contributed by atoms with Gasteiger partial charge in [-0.2, -0.15) is 0 Å². The van der Waals surface area contributed by atoms with Crippen molar-refractivity contribution in [2.45, 2.75) is 19.4 Å². The number of ether oxygens (including phenoxy) is 2. The molecule has 1 atom stereocenters. The topological polar surface area (TPSA) is 33.7 Å². The molecule has 108 valence electrons. The standard InChI is InChI=1S/C15H26N2O2/c1-12(16-9-6-10-17(2)3)14-11-13(18-4)7-8-15(14)19-5/h7-8,11-12,16H,6,9-10H2,1-5H3. The zero-order valence-corrected chi connectivity index (χ0v) is 12.7. The van der Waals surface area contributed by atoms with Crippen LogP contribution in [0.1, 0.15) is 24.9 Å². The Hall–Kier alpha value is -1.26. The second kappa shape index (κ2) is 8.02. The Morgan fingerprint density at radius 3 is 2.53 bits per heavy atom. The number of rotatable bonds is 8. The van der Waals surface area contributed by atoms with Gasteiger partial charge in [-0.15, -0.1) is 0 Å². The molecule has 0 aliphatic carbocycles. The van der Waals surface area contributed by atoms with Crippen LogP contribution in [0.5, 0.6) is 11.5 Å². The summed E-state index contributed by atoms with van der Waals surface area (Å²) in [5.41, 5.74) is 1.13. The molecule has 0 radical (unpaired) electrons. The van der Waals surface area contributed by atoms with E-state index in [0.29, 0.717) is 0 Å². The van der Waals surface area contributed by atoms with Crippen LogP contribution < -0.4 is 14.8 Å². The van der Waals surface area contributed by atoms with Gasteiger partial charge in [0, 0.05) is 11.6 Å². The highest BCUT2D eigenvalue weighted by molar-refractivity contribution is 5.42. The molecule has 4 nitrogen and oxygen atoms in total. The third kappa shape index (κ3) is 5.09. The summed E-state index contributed by atoms with van der Waals surface area (Å²) in [6.07, 6.45) is 1.13. The molecule has 19 heavy (non-hydrogen) atoms. The highest BCUT2D eigenvalue weighted by atomic mass is 16.5. The molecule has 1 N–H and O–H groups in total. The monoisotopic (exact) mass is 266 g/mol. The molecule has 0 heterocycles. The average molecular weight is 266 g/mol. The van der Waals surface area contributed by atoms with E-state index in [1.165, 1.54) is 0 Å². The first-order chi connectivity index (χ1) is 9.08. The van der Waals surface area contributed by atoms with Gasteiger partial charge in [0.15, 0.2) is 0 Å². The lowest BCUT2D eigenvalue weighted by Crippen LogP contribution is -2.24. The van der Waals surface area contributed by atoms with E-state index in [1.807, 2.05) is 18.2 Å². The van der Waals surface area contributed by atoms with Crippen molar-refractivity contribution in [3.05, 3.63) is 23.8 Å². The molecule has 0 aliphatic rings. The normalized spacial score (nSPS) is 12.5. The molecule has 0 aromatic heterocycles. The molecule has 0 aliphatic heterocycles. The van der Waals surface area contributed by atoms with Crippen LogP contribution in [0.15, 0.2) is 18.2 Å². The fourth-order valence-corrected chi connectivity index (χ4v) is 2.00. The van der Waals surface area contributed by atoms with E-state index in [9.17, 15) is 0 Å². The molecule has 0 saturated heterocycles. The summed E-state index contributed by atoms with van der Waals surface area (Å²) in [4.78, 5) is 2.19. The second-order valence-corrected chi connectivity index (χ2v) is 4.94. The number of hydrogen-bond acceptors (Lipinski definition) is 4. The lowest BCUT2D eigenvalue weighted by molar-refractivity contribution is 0.379. The van der Waals surface area contributed by atoms with Crippen molar-refractivity contribution < 1.29 is 9.47 Å². The summed E-state index contributed by atoms with van der Waals surface area (Å²) in [5.74, 6) is 1.76. The Kier molecular flexibility index (Phi) is 6.67. The first-order valence-electron chi connectivity index (χ1n) is 6.68. The fourth-order valence-electron chi connectivity index (χ4n) is 2.00. The van der Waals surface area contributed by atoms with Crippen molar-refractivity contribution in [2.24, 2.45) is 0 Å². The van der Waals surface area contributed by atoms with Crippen LogP contribution in [0.2, 0.25) is 0 Å². The maximum atomic E-state index is 5.41. The molecular formula is C15H26N2O2. The molecule has 4 heteroatoms.